The van der Waals surface area contributed by atoms with E-state index in [1.807, 2.05) is 32.5 Å². The largest absolute Gasteiger partial charge is 0.497 e. The van der Waals surface area contributed by atoms with Crippen LogP contribution in [-0.2, 0) is 6.54 Å². The number of ether oxygens (including phenoxy) is 2. The van der Waals surface area contributed by atoms with Crippen molar-refractivity contribution in [2.75, 3.05) is 46.0 Å². The highest BCUT2D eigenvalue weighted by atomic mass is 35.5. The number of benzene rings is 2. The van der Waals surface area contributed by atoms with Gasteiger partial charge in [0.25, 0.3) is 5.91 Å². The first-order valence-electron chi connectivity index (χ1n) is 10.9. The number of amides is 1. The van der Waals surface area contributed by atoms with E-state index in [0.29, 0.717) is 39.3 Å². The average Bonchev–Trinajstić information content (AvgIpc) is 2.86. The van der Waals surface area contributed by atoms with E-state index in [0.717, 1.165) is 5.56 Å². The molecule has 1 unspecified atom stereocenters. The topological polar surface area (TPSA) is 67.8 Å². The minimum absolute atomic E-state index is 0.0244. The van der Waals surface area contributed by atoms with Gasteiger partial charge in [0.1, 0.15) is 28.7 Å². The van der Waals surface area contributed by atoms with E-state index in [1.54, 1.807) is 42.2 Å². The number of methoxy groups -OCH3 is 2. The number of hydrogen-bond donors (Lipinski definition) is 0. The Balaban J connectivity index is 1.88. The maximum absolute atomic E-state index is 15.2. The highest BCUT2D eigenvalue weighted by Crippen LogP contribution is 2.40. The molecule has 0 bridgehead atoms. The van der Waals surface area contributed by atoms with Gasteiger partial charge in [0.2, 0.25) is 0 Å². The van der Waals surface area contributed by atoms with Crippen LogP contribution in [0.1, 0.15) is 33.1 Å². The fourth-order valence-electron chi connectivity index (χ4n) is 4.22. The second-order valence-corrected chi connectivity index (χ2v) is 9.43. The molecule has 0 saturated heterocycles. The lowest BCUT2D eigenvalue weighted by atomic mass is 9.87. The van der Waals surface area contributed by atoms with Crippen molar-refractivity contribution in [3.05, 3.63) is 69.6 Å². The first-order valence-corrected chi connectivity index (χ1v) is 12.5. The third-order valence-corrected chi connectivity index (χ3v) is 6.79. The predicted octanol–water partition coefficient (Wildman–Crippen LogP) is 4.86. The van der Waals surface area contributed by atoms with Gasteiger partial charge in [0, 0.05) is 50.3 Å². The predicted molar refractivity (Wildman–Crippen MR) is 136 cm³/mol. The van der Waals surface area contributed by atoms with Gasteiger partial charge in [0.15, 0.2) is 5.16 Å². The Bertz CT molecular complexity index is 1270. The molecule has 1 aromatic heterocycles. The SMILES string of the molecule is COc1ccc(CN2CC(c3cccc(Cl)c3F)c3nc(SC)nc(N(C)C)c3C2=O)c(OC)c1. The summed E-state index contributed by atoms with van der Waals surface area (Å²) >= 11 is 7.50. The first kappa shape index (κ1) is 25.1. The van der Waals surface area contributed by atoms with Gasteiger partial charge in [-0.05, 0) is 24.5 Å². The molecule has 0 spiro atoms. The number of halogens is 2. The number of hydrogen-bond acceptors (Lipinski definition) is 7. The van der Waals surface area contributed by atoms with Crippen LogP contribution in [0, 0.1) is 5.82 Å². The molecule has 184 valence electrons. The van der Waals surface area contributed by atoms with Crippen LogP contribution in [0.5, 0.6) is 11.5 Å². The van der Waals surface area contributed by atoms with Crippen LogP contribution in [0.25, 0.3) is 0 Å². The van der Waals surface area contributed by atoms with E-state index < -0.39 is 11.7 Å². The van der Waals surface area contributed by atoms with Gasteiger partial charge in [-0.1, -0.05) is 35.5 Å². The van der Waals surface area contributed by atoms with Crippen molar-refractivity contribution in [2.45, 2.75) is 17.6 Å². The van der Waals surface area contributed by atoms with Gasteiger partial charge in [-0.25, -0.2) is 14.4 Å². The molecular weight excluding hydrogens is 491 g/mol. The van der Waals surface area contributed by atoms with Crippen LogP contribution in [0.2, 0.25) is 5.02 Å². The Hall–Kier alpha value is -3.04. The minimum atomic E-state index is -0.529. The van der Waals surface area contributed by atoms with Crippen molar-refractivity contribution in [3.63, 3.8) is 0 Å². The van der Waals surface area contributed by atoms with E-state index in [4.69, 9.17) is 21.1 Å². The molecule has 7 nitrogen and oxygen atoms in total. The molecule has 4 rings (SSSR count). The lowest BCUT2D eigenvalue weighted by Gasteiger charge is -2.36. The first-order chi connectivity index (χ1) is 16.8. The average molecular weight is 517 g/mol. The fourth-order valence-corrected chi connectivity index (χ4v) is 4.77. The summed E-state index contributed by atoms with van der Waals surface area (Å²) < 4.78 is 26.1. The highest BCUT2D eigenvalue weighted by Gasteiger charge is 2.38. The van der Waals surface area contributed by atoms with Crippen LogP contribution < -0.4 is 14.4 Å². The van der Waals surface area contributed by atoms with Crippen molar-refractivity contribution in [1.29, 1.82) is 0 Å². The van der Waals surface area contributed by atoms with Crippen LogP contribution in [-0.4, -0.2) is 61.9 Å². The summed E-state index contributed by atoms with van der Waals surface area (Å²) in [7, 11) is 6.79. The van der Waals surface area contributed by atoms with Crippen LogP contribution in [0.4, 0.5) is 10.2 Å². The Morgan fingerprint density at radius 2 is 1.97 bits per heavy atom. The summed E-state index contributed by atoms with van der Waals surface area (Å²) in [5.74, 6) is 0.453. The third kappa shape index (κ3) is 4.75. The fraction of sp³-hybridized carbons (Fsp3) is 0.320. The van der Waals surface area contributed by atoms with Crippen LogP contribution >= 0.6 is 23.4 Å². The molecule has 1 aliphatic heterocycles. The molecule has 0 aliphatic carbocycles. The molecule has 1 aliphatic rings. The molecule has 1 atom stereocenters. The van der Waals surface area contributed by atoms with Gasteiger partial charge in [0.05, 0.1) is 24.9 Å². The molecule has 0 fully saturated rings. The zero-order valence-electron chi connectivity index (χ0n) is 20.1. The Kier molecular flexibility index (Phi) is 7.37. The second-order valence-electron chi connectivity index (χ2n) is 8.25. The molecule has 3 aromatic rings. The molecule has 35 heavy (non-hydrogen) atoms. The number of carbonyl (C=O) groups is 1. The number of aromatic nitrogens is 2. The molecular formula is C25H26ClFN4O3S. The number of carbonyl (C=O) groups excluding carboxylic acids is 1. The van der Waals surface area contributed by atoms with E-state index in [-0.39, 0.29) is 24.0 Å². The molecule has 0 N–H and O–H groups in total. The van der Waals surface area contributed by atoms with E-state index in [9.17, 15) is 4.79 Å². The van der Waals surface area contributed by atoms with E-state index >= 15 is 4.39 Å². The van der Waals surface area contributed by atoms with Gasteiger partial charge < -0.3 is 19.3 Å². The zero-order chi connectivity index (χ0) is 25.3. The standard InChI is InChI=1S/C25H26ClFN4O3S/c1-30(2)23-20-22(28-25(29-23)35-5)17(16-7-6-8-18(26)21(16)27)13-31(24(20)32)12-14-9-10-15(33-3)11-19(14)34-4/h6-11,17H,12-13H2,1-5H3. The maximum atomic E-state index is 15.2. The molecule has 2 aromatic carbocycles. The van der Waals surface area contributed by atoms with Gasteiger partial charge in [-0.3, -0.25) is 4.79 Å². The number of nitrogens with zero attached hydrogens (tertiary/aromatic N) is 4. The van der Waals surface area contributed by atoms with Gasteiger partial charge in [-0.2, -0.15) is 0 Å². The Labute approximate surface area is 213 Å². The second kappa shape index (κ2) is 10.3. The summed E-state index contributed by atoms with van der Waals surface area (Å²) in [6, 6.07) is 10.3. The van der Waals surface area contributed by atoms with Crippen LogP contribution in [0.3, 0.4) is 0 Å². The summed E-state index contributed by atoms with van der Waals surface area (Å²) in [5.41, 5.74) is 2.03. The molecule has 0 saturated carbocycles. The summed E-state index contributed by atoms with van der Waals surface area (Å²) in [6.07, 6.45) is 1.86. The zero-order valence-corrected chi connectivity index (χ0v) is 21.7. The third-order valence-electron chi connectivity index (χ3n) is 5.95. The van der Waals surface area contributed by atoms with Gasteiger partial charge in [-0.15, -0.1) is 0 Å². The van der Waals surface area contributed by atoms with Crippen molar-refractivity contribution in [1.82, 2.24) is 14.9 Å². The number of fused-ring (bicyclic) bond motifs is 1. The number of anilines is 1. The van der Waals surface area contributed by atoms with Crippen molar-refractivity contribution < 1.29 is 18.7 Å². The normalized spacial score (nSPS) is 15.1. The monoisotopic (exact) mass is 516 g/mol. The molecule has 10 heteroatoms. The van der Waals surface area contributed by atoms with E-state index in [1.165, 1.54) is 17.8 Å². The van der Waals surface area contributed by atoms with Crippen LogP contribution in [0.15, 0.2) is 41.6 Å². The van der Waals surface area contributed by atoms with Crippen molar-refractivity contribution in [3.8, 4) is 11.5 Å². The number of rotatable bonds is 7. The summed E-state index contributed by atoms with van der Waals surface area (Å²) in [6.45, 7) is 0.469. The van der Waals surface area contributed by atoms with Crippen molar-refractivity contribution >= 4 is 35.1 Å². The molecule has 2 heterocycles. The molecule has 0 radical (unpaired) electrons. The minimum Gasteiger partial charge on any atom is -0.497 e. The highest BCUT2D eigenvalue weighted by molar-refractivity contribution is 7.98. The summed E-state index contributed by atoms with van der Waals surface area (Å²) in [5, 5.41) is 0.536. The summed E-state index contributed by atoms with van der Waals surface area (Å²) in [4.78, 5) is 26.5. The lowest BCUT2D eigenvalue weighted by molar-refractivity contribution is 0.0711. The maximum Gasteiger partial charge on any atom is 0.259 e. The van der Waals surface area contributed by atoms with Gasteiger partial charge >= 0.3 is 0 Å². The Morgan fingerprint density at radius 1 is 1.20 bits per heavy atom. The smallest absolute Gasteiger partial charge is 0.259 e. The lowest BCUT2D eigenvalue weighted by Crippen LogP contribution is -2.42. The van der Waals surface area contributed by atoms with E-state index in [2.05, 4.69) is 9.97 Å². The number of thioether (sulfide) groups is 1. The Morgan fingerprint density at radius 3 is 2.63 bits per heavy atom. The molecule has 1 amide bonds. The quantitative estimate of drug-likeness (QED) is 0.328. The van der Waals surface area contributed by atoms with Crippen molar-refractivity contribution in [2.24, 2.45) is 0 Å².